The number of hydrogen-bond donors (Lipinski definition) is 2. The quantitative estimate of drug-likeness (QED) is 0.793. The number of hydrogen-bond acceptors (Lipinski definition) is 4. The van der Waals surface area contributed by atoms with E-state index < -0.39 is 0 Å². The summed E-state index contributed by atoms with van der Waals surface area (Å²) in [5, 5.41) is 3.31. The molecule has 96 valence electrons. The molecule has 1 aromatic heterocycles. The summed E-state index contributed by atoms with van der Waals surface area (Å²) < 4.78 is 10.8. The lowest BCUT2D eigenvalue weighted by molar-refractivity contribution is 0.342. The Bertz CT molecular complexity index is 495. The molecule has 1 heterocycles. The number of nitrogen functional groups attached to an aromatic ring is 1. The predicted octanol–water partition coefficient (Wildman–Crippen LogP) is 3.43. The van der Waals surface area contributed by atoms with E-state index in [4.69, 9.17) is 14.9 Å². The average Bonchev–Trinajstić information content (AvgIpc) is 2.88. The zero-order chi connectivity index (χ0) is 13.0. The van der Waals surface area contributed by atoms with Gasteiger partial charge in [-0.25, -0.2) is 0 Å². The Balaban J connectivity index is 2.16. The third-order valence-corrected chi connectivity index (χ3v) is 2.71. The van der Waals surface area contributed by atoms with Crippen LogP contribution in [0.3, 0.4) is 0 Å². The first-order valence-corrected chi connectivity index (χ1v) is 6.03. The summed E-state index contributed by atoms with van der Waals surface area (Å²) in [6, 6.07) is 9.56. The maximum absolute atomic E-state index is 6.05. The lowest BCUT2D eigenvalue weighted by atomic mass is 10.2. The van der Waals surface area contributed by atoms with Crippen LogP contribution in [0.4, 0.5) is 11.4 Å². The van der Waals surface area contributed by atoms with Gasteiger partial charge in [0.25, 0.3) is 0 Å². The van der Waals surface area contributed by atoms with Crippen molar-refractivity contribution in [3.8, 4) is 5.75 Å². The van der Waals surface area contributed by atoms with Gasteiger partial charge in [-0.05, 0) is 38.1 Å². The minimum atomic E-state index is 0.0548. The number of ether oxygens (including phenoxy) is 1. The van der Waals surface area contributed by atoms with E-state index in [9.17, 15) is 0 Å². The highest BCUT2D eigenvalue weighted by Crippen LogP contribution is 2.31. The summed E-state index contributed by atoms with van der Waals surface area (Å²) in [5.74, 6) is 1.57. The van der Waals surface area contributed by atoms with Gasteiger partial charge in [0.15, 0.2) is 0 Å². The molecule has 0 fully saturated rings. The summed E-state index contributed by atoms with van der Waals surface area (Å²) in [6.07, 6.45) is 1.66. The molecule has 18 heavy (non-hydrogen) atoms. The number of rotatable bonds is 5. The summed E-state index contributed by atoms with van der Waals surface area (Å²) in [4.78, 5) is 0. The Hall–Kier alpha value is -2.10. The lowest BCUT2D eigenvalue weighted by Crippen LogP contribution is -2.08. The highest BCUT2D eigenvalue weighted by molar-refractivity contribution is 5.73. The van der Waals surface area contributed by atoms with Crippen LogP contribution in [0.1, 0.15) is 25.6 Å². The van der Waals surface area contributed by atoms with Crippen LogP contribution >= 0.6 is 0 Å². The van der Waals surface area contributed by atoms with Gasteiger partial charge in [-0.3, -0.25) is 0 Å². The molecule has 1 unspecified atom stereocenters. The molecular weight excluding hydrogens is 228 g/mol. The molecule has 0 radical (unpaired) electrons. The Kier molecular flexibility index (Phi) is 3.77. The fraction of sp³-hybridized carbons (Fsp3) is 0.286. The highest BCUT2D eigenvalue weighted by Gasteiger charge is 2.11. The molecule has 0 aliphatic carbocycles. The first-order chi connectivity index (χ1) is 8.72. The number of para-hydroxylation sites is 1. The van der Waals surface area contributed by atoms with Crippen molar-refractivity contribution in [3.63, 3.8) is 0 Å². The smallest absolute Gasteiger partial charge is 0.144 e. The predicted molar refractivity (Wildman–Crippen MR) is 72.8 cm³/mol. The second-order valence-electron chi connectivity index (χ2n) is 4.03. The van der Waals surface area contributed by atoms with Gasteiger partial charge >= 0.3 is 0 Å². The minimum absolute atomic E-state index is 0.0548. The average molecular weight is 246 g/mol. The molecule has 0 spiro atoms. The normalized spacial score (nSPS) is 12.1. The van der Waals surface area contributed by atoms with Gasteiger partial charge in [-0.2, -0.15) is 0 Å². The number of furan rings is 1. The zero-order valence-electron chi connectivity index (χ0n) is 10.6. The number of anilines is 2. The topological polar surface area (TPSA) is 60.4 Å². The molecule has 0 saturated heterocycles. The summed E-state index contributed by atoms with van der Waals surface area (Å²) in [5.41, 5.74) is 7.53. The molecule has 1 atom stereocenters. The molecule has 4 heteroatoms. The van der Waals surface area contributed by atoms with Crippen molar-refractivity contribution < 1.29 is 9.15 Å². The van der Waals surface area contributed by atoms with Crippen LogP contribution in [0.2, 0.25) is 0 Å². The molecule has 0 bridgehead atoms. The van der Waals surface area contributed by atoms with Gasteiger partial charge in [-0.1, -0.05) is 6.07 Å². The maximum Gasteiger partial charge on any atom is 0.144 e. The third-order valence-electron chi connectivity index (χ3n) is 2.71. The van der Waals surface area contributed by atoms with Crippen molar-refractivity contribution >= 4 is 11.4 Å². The minimum Gasteiger partial charge on any atom is -0.492 e. The van der Waals surface area contributed by atoms with E-state index in [2.05, 4.69) is 5.32 Å². The van der Waals surface area contributed by atoms with E-state index in [0.29, 0.717) is 18.0 Å². The standard InChI is InChI=1S/C14H18N2O2/c1-3-17-13-7-4-6-11(14(13)15)16-10(2)12-8-5-9-18-12/h4-10,16H,3,15H2,1-2H3. The molecule has 2 rings (SSSR count). The van der Waals surface area contributed by atoms with E-state index in [1.807, 2.05) is 44.2 Å². The summed E-state index contributed by atoms with van der Waals surface area (Å²) in [6.45, 7) is 4.55. The molecule has 0 aliphatic heterocycles. The van der Waals surface area contributed by atoms with Crippen LogP contribution in [0.5, 0.6) is 5.75 Å². The van der Waals surface area contributed by atoms with Crippen LogP contribution in [0, 0.1) is 0 Å². The van der Waals surface area contributed by atoms with Crippen LogP contribution in [0.15, 0.2) is 41.0 Å². The van der Waals surface area contributed by atoms with Gasteiger partial charge in [0, 0.05) is 0 Å². The zero-order valence-corrected chi connectivity index (χ0v) is 10.6. The molecule has 1 aromatic carbocycles. The SMILES string of the molecule is CCOc1cccc(NC(C)c2ccco2)c1N. The van der Waals surface area contributed by atoms with Gasteiger partial charge < -0.3 is 20.2 Å². The van der Waals surface area contributed by atoms with Gasteiger partial charge in [0.2, 0.25) is 0 Å². The second kappa shape index (κ2) is 5.49. The van der Waals surface area contributed by atoms with E-state index in [-0.39, 0.29) is 6.04 Å². The maximum atomic E-state index is 6.05. The van der Waals surface area contributed by atoms with Crippen LogP contribution in [-0.2, 0) is 0 Å². The molecule has 4 nitrogen and oxygen atoms in total. The first-order valence-electron chi connectivity index (χ1n) is 6.03. The van der Waals surface area contributed by atoms with Crippen LogP contribution < -0.4 is 15.8 Å². The van der Waals surface area contributed by atoms with Crippen molar-refractivity contribution in [1.82, 2.24) is 0 Å². The summed E-state index contributed by atoms with van der Waals surface area (Å²) in [7, 11) is 0. The largest absolute Gasteiger partial charge is 0.492 e. The molecule has 0 saturated carbocycles. The number of benzene rings is 1. The van der Waals surface area contributed by atoms with Gasteiger partial charge in [0.1, 0.15) is 11.5 Å². The van der Waals surface area contributed by atoms with E-state index >= 15 is 0 Å². The van der Waals surface area contributed by atoms with Gasteiger partial charge in [-0.15, -0.1) is 0 Å². The van der Waals surface area contributed by atoms with Crippen molar-refractivity contribution in [1.29, 1.82) is 0 Å². The lowest BCUT2D eigenvalue weighted by Gasteiger charge is -2.16. The Morgan fingerprint density at radius 3 is 2.83 bits per heavy atom. The monoisotopic (exact) mass is 246 g/mol. The van der Waals surface area contributed by atoms with Crippen LogP contribution in [-0.4, -0.2) is 6.61 Å². The van der Waals surface area contributed by atoms with E-state index in [0.717, 1.165) is 11.4 Å². The Morgan fingerprint density at radius 1 is 1.33 bits per heavy atom. The molecule has 2 aromatic rings. The molecule has 3 N–H and O–H groups in total. The van der Waals surface area contributed by atoms with Crippen molar-refractivity contribution in [3.05, 3.63) is 42.4 Å². The highest BCUT2D eigenvalue weighted by atomic mass is 16.5. The van der Waals surface area contributed by atoms with Gasteiger partial charge in [0.05, 0.1) is 30.3 Å². The van der Waals surface area contributed by atoms with Crippen molar-refractivity contribution in [2.75, 3.05) is 17.7 Å². The van der Waals surface area contributed by atoms with E-state index in [1.54, 1.807) is 6.26 Å². The fourth-order valence-electron chi connectivity index (χ4n) is 1.79. The number of nitrogens with one attached hydrogen (secondary N) is 1. The first kappa shape index (κ1) is 12.4. The van der Waals surface area contributed by atoms with Crippen molar-refractivity contribution in [2.24, 2.45) is 0 Å². The molecular formula is C14H18N2O2. The second-order valence-corrected chi connectivity index (χ2v) is 4.03. The van der Waals surface area contributed by atoms with E-state index in [1.165, 1.54) is 0 Å². The third kappa shape index (κ3) is 2.59. The fourth-order valence-corrected chi connectivity index (χ4v) is 1.79. The number of nitrogens with two attached hydrogens (primary N) is 1. The molecule has 0 amide bonds. The Morgan fingerprint density at radius 2 is 2.17 bits per heavy atom. The summed E-state index contributed by atoms with van der Waals surface area (Å²) >= 11 is 0. The van der Waals surface area contributed by atoms with Crippen molar-refractivity contribution in [2.45, 2.75) is 19.9 Å². The molecule has 0 aliphatic rings. The van der Waals surface area contributed by atoms with Crippen LogP contribution in [0.25, 0.3) is 0 Å². The Labute approximate surface area is 107 Å².